The fourth-order valence-corrected chi connectivity index (χ4v) is 4.29. The number of fused-ring (bicyclic) bond motifs is 2. The quantitative estimate of drug-likeness (QED) is 0.658. The summed E-state index contributed by atoms with van der Waals surface area (Å²) in [6.07, 6.45) is 8.88. The van der Waals surface area contributed by atoms with E-state index < -0.39 is 0 Å². The van der Waals surface area contributed by atoms with Crippen LogP contribution in [0.25, 0.3) is 0 Å². The Kier molecular flexibility index (Phi) is 4.75. The smallest absolute Gasteiger partial charge is 0.000771 e. The van der Waals surface area contributed by atoms with Crippen molar-refractivity contribution in [3.8, 4) is 0 Å². The van der Waals surface area contributed by atoms with E-state index in [1.165, 1.54) is 38.8 Å². The molecule has 0 aromatic carbocycles. The number of nitrogens with one attached hydrogen (secondary N) is 1. The van der Waals surface area contributed by atoms with Crippen LogP contribution in [0.4, 0.5) is 0 Å². The van der Waals surface area contributed by atoms with Gasteiger partial charge in [0, 0.05) is 6.54 Å². The Morgan fingerprint density at radius 1 is 1.22 bits per heavy atom. The van der Waals surface area contributed by atoms with Crippen molar-refractivity contribution in [2.45, 2.75) is 66.2 Å². The lowest BCUT2D eigenvalue weighted by Gasteiger charge is -2.38. The van der Waals surface area contributed by atoms with Crippen LogP contribution in [0.15, 0.2) is 0 Å². The maximum absolute atomic E-state index is 3.68. The molecule has 2 fully saturated rings. The fourth-order valence-electron chi connectivity index (χ4n) is 4.29. The second-order valence-electron chi connectivity index (χ2n) is 7.62. The number of hydrogen-bond donors (Lipinski definition) is 1. The molecular weight excluding hydrogens is 218 g/mol. The van der Waals surface area contributed by atoms with Crippen molar-refractivity contribution in [1.82, 2.24) is 5.32 Å². The maximum Gasteiger partial charge on any atom is 0.000771 e. The van der Waals surface area contributed by atoms with Crippen molar-refractivity contribution < 1.29 is 0 Å². The van der Waals surface area contributed by atoms with Crippen LogP contribution >= 0.6 is 0 Å². The maximum atomic E-state index is 3.68. The molecule has 2 aliphatic carbocycles. The summed E-state index contributed by atoms with van der Waals surface area (Å²) in [5.74, 6) is 4.01. The van der Waals surface area contributed by atoms with Crippen molar-refractivity contribution in [2.75, 3.05) is 13.1 Å². The molecule has 4 atom stereocenters. The molecule has 0 heterocycles. The predicted molar refractivity (Wildman–Crippen MR) is 79.7 cm³/mol. The summed E-state index contributed by atoms with van der Waals surface area (Å²) >= 11 is 0. The zero-order valence-electron chi connectivity index (χ0n) is 13.0. The Hall–Kier alpha value is -0.0400. The monoisotopic (exact) mass is 251 g/mol. The summed E-state index contributed by atoms with van der Waals surface area (Å²) in [6.45, 7) is 12.0. The van der Waals surface area contributed by atoms with Gasteiger partial charge in [0.1, 0.15) is 0 Å². The van der Waals surface area contributed by atoms with Gasteiger partial charge in [0.15, 0.2) is 0 Å². The summed E-state index contributed by atoms with van der Waals surface area (Å²) < 4.78 is 0. The predicted octanol–water partition coefficient (Wildman–Crippen LogP) is 4.47. The fraction of sp³-hybridized carbons (Fsp3) is 1.00. The van der Waals surface area contributed by atoms with Crippen LogP contribution in [-0.2, 0) is 0 Å². The van der Waals surface area contributed by atoms with E-state index >= 15 is 0 Å². The van der Waals surface area contributed by atoms with Gasteiger partial charge in [-0.15, -0.1) is 0 Å². The first-order valence-electron chi connectivity index (χ1n) is 8.26. The van der Waals surface area contributed by atoms with E-state index in [1.807, 2.05) is 0 Å². The lowest BCUT2D eigenvalue weighted by atomic mass is 9.69. The Balaban J connectivity index is 1.89. The van der Waals surface area contributed by atoms with Crippen LogP contribution in [0.1, 0.15) is 66.2 Å². The van der Waals surface area contributed by atoms with E-state index in [1.54, 1.807) is 12.8 Å². The van der Waals surface area contributed by atoms with Crippen molar-refractivity contribution in [2.24, 2.45) is 29.1 Å². The minimum atomic E-state index is 0.504. The number of rotatable bonds is 7. The molecule has 0 saturated heterocycles. The van der Waals surface area contributed by atoms with Crippen LogP contribution in [0.2, 0.25) is 0 Å². The van der Waals surface area contributed by atoms with E-state index in [4.69, 9.17) is 0 Å². The minimum Gasteiger partial charge on any atom is -0.316 e. The topological polar surface area (TPSA) is 12.0 Å². The van der Waals surface area contributed by atoms with Gasteiger partial charge in [-0.25, -0.2) is 0 Å². The zero-order chi connectivity index (χ0) is 13.2. The second-order valence-corrected chi connectivity index (χ2v) is 7.62. The lowest BCUT2D eigenvalue weighted by Crippen LogP contribution is -2.38. The van der Waals surface area contributed by atoms with Gasteiger partial charge in [0.2, 0.25) is 0 Å². The summed E-state index contributed by atoms with van der Waals surface area (Å²) in [4.78, 5) is 0. The van der Waals surface area contributed by atoms with Crippen LogP contribution in [0.5, 0.6) is 0 Å². The van der Waals surface area contributed by atoms with Crippen LogP contribution in [0.3, 0.4) is 0 Å². The molecule has 0 spiro atoms. The van der Waals surface area contributed by atoms with E-state index in [-0.39, 0.29) is 0 Å². The van der Waals surface area contributed by atoms with E-state index in [0.717, 1.165) is 23.7 Å². The molecule has 1 N–H and O–H groups in total. The molecule has 0 aliphatic heterocycles. The largest absolute Gasteiger partial charge is 0.316 e. The molecule has 0 aromatic rings. The lowest BCUT2D eigenvalue weighted by molar-refractivity contribution is 0.131. The van der Waals surface area contributed by atoms with E-state index in [9.17, 15) is 0 Å². The highest BCUT2D eigenvalue weighted by Gasteiger charge is 2.43. The summed E-state index contributed by atoms with van der Waals surface area (Å²) in [7, 11) is 0. The zero-order valence-corrected chi connectivity index (χ0v) is 13.0. The molecule has 106 valence electrons. The molecule has 0 amide bonds. The van der Waals surface area contributed by atoms with Crippen LogP contribution in [-0.4, -0.2) is 13.1 Å². The summed E-state index contributed by atoms with van der Waals surface area (Å²) in [6, 6.07) is 0. The molecular formula is C17H33N. The summed E-state index contributed by atoms with van der Waals surface area (Å²) in [5, 5.41) is 3.68. The van der Waals surface area contributed by atoms with Crippen molar-refractivity contribution >= 4 is 0 Å². The highest BCUT2D eigenvalue weighted by atomic mass is 14.9. The van der Waals surface area contributed by atoms with E-state index in [0.29, 0.717) is 5.41 Å². The Labute approximate surface area is 114 Å². The SMILES string of the molecule is CCCNCC(C)(CC1CC2CCC1C2)C(C)C. The van der Waals surface area contributed by atoms with Gasteiger partial charge in [-0.3, -0.25) is 0 Å². The average Bonchev–Trinajstić information content (AvgIpc) is 2.91. The number of hydrogen-bond acceptors (Lipinski definition) is 1. The first kappa shape index (κ1) is 14.4. The van der Waals surface area contributed by atoms with Gasteiger partial charge in [-0.2, -0.15) is 0 Å². The highest BCUT2D eigenvalue weighted by molar-refractivity contribution is 4.94. The molecule has 2 saturated carbocycles. The summed E-state index contributed by atoms with van der Waals surface area (Å²) in [5.41, 5.74) is 0.504. The third kappa shape index (κ3) is 3.10. The van der Waals surface area contributed by atoms with Crippen LogP contribution < -0.4 is 5.32 Å². The molecule has 2 aliphatic rings. The molecule has 1 heteroatoms. The Morgan fingerprint density at radius 3 is 2.50 bits per heavy atom. The standard InChI is InChI=1S/C17H33N/c1-5-8-18-12-17(4,13(2)3)11-16-10-14-6-7-15(16)9-14/h13-16,18H,5-12H2,1-4H3. The molecule has 1 nitrogen and oxygen atoms in total. The molecule has 2 rings (SSSR count). The van der Waals surface area contributed by atoms with Gasteiger partial charge in [0.25, 0.3) is 0 Å². The molecule has 0 aromatic heterocycles. The van der Waals surface area contributed by atoms with Gasteiger partial charge >= 0.3 is 0 Å². The van der Waals surface area contributed by atoms with Crippen molar-refractivity contribution in [3.05, 3.63) is 0 Å². The molecule has 18 heavy (non-hydrogen) atoms. The third-order valence-corrected chi connectivity index (χ3v) is 5.96. The van der Waals surface area contributed by atoms with Crippen molar-refractivity contribution in [1.29, 1.82) is 0 Å². The minimum absolute atomic E-state index is 0.504. The first-order chi connectivity index (χ1) is 8.55. The van der Waals surface area contributed by atoms with E-state index in [2.05, 4.69) is 33.0 Å². The third-order valence-electron chi connectivity index (χ3n) is 5.96. The van der Waals surface area contributed by atoms with Crippen molar-refractivity contribution in [3.63, 3.8) is 0 Å². The molecule has 4 unspecified atom stereocenters. The Morgan fingerprint density at radius 2 is 2.00 bits per heavy atom. The van der Waals surface area contributed by atoms with Gasteiger partial charge in [0.05, 0.1) is 0 Å². The van der Waals surface area contributed by atoms with Crippen LogP contribution in [0, 0.1) is 29.1 Å². The second kappa shape index (κ2) is 5.94. The first-order valence-corrected chi connectivity index (χ1v) is 8.26. The van der Waals surface area contributed by atoms with Gasteiger partial charge in [-0.05, 0) is 67.7 Å². The highest BCUT2D eigenvalue weighted by Crippen LogP contribution is 2.52. The normalized spacial score (nSPS) is 34.2. The molecule has 2 bridgehead atoms. The van der Waals surface area contributed by atoms with Gasteiger partial charge < -0.3 is 5.32 Å². The molecule has 0 radical (unpaired) electrons. The Bertz CT molecular complexity index is 260. The van der Waals surface area contributed by atoms with Gasteiger partial charge in [-0.1, -0.05) is 34.1 Å². The average molecular weight is 251 g/mol.